The van der Waals surface area contributed by atoms with E-state index in [0.717, 1.165) is 34.7 Å². The lowest BCUT2D eigenvalue weighted by Gasteiger charge is -2.05. The molecule has 106 valence electrons. The molecule has 0 radical (unpaired) electrons. The van der Waals surface area contributed by atoms with Gasteiger partial charge in [-0.15, -0.1) is 0 Å². The Labute approximate surface area is 123 Å². The van der Waals surface area contributed by atoms with Gasteiger partial charge >= 0.3 is 0 Å². The molecule has 0 saturated carbocycles. The smallest absolute Gasteiger partial charge is 0.113 e. The summed E-state index contributed by atoms with van der Waals surface area (Å²) < 4.78 is 0. The fourth-order valence-corrected chi connectivity index (χ4v) is 2.26. The van der Waals surface area contributed by atoms with Crippen LogP contribution in [0.1, 0.15) is 18.3 Å². The molecular weight excluding hydrogens is 260 g/mol. The van der Waals surface area contributed by atoms with Crippen molar-refractivity contribution in [1.82, 2.24) is 15.4 Å². The van der Waals surface area contributed by atoms with Crippen molar-refractivity contribution in [3.63, 3.8) is 0 Å². The molecule has 0 spiro atoms. The van der Waals surface area contributed by atoms with Gasteiger partial charge in [-0.3, -0.25) is 0 Å². The minimum absolute atomic E-state index is 0.672. The van der Waals surface area contributed by atoms with Crippen LogP contribution >= 0.6 is 0 Å². The van der Waals surface area contributed by atoms with Crippen LogP contribution in [0.4, 0.5) is 0 Å². The molecule has 21 heavy (non-hydrogen) atoms. The van der Waals surface area contributed by atoms with Gasteiger partial charge < -0.3 is 10.4 Å². The van der Waals surface area contributed by atoms with Crippen molar-refractivity contribution in [2.24, 2.45) is 5.10 Å². The van der Waals surface area contributed by atoms with Gasteiger partial charge in [-0.1, -0.05) is 42.5 Å². The summed E-state index contributed by atoms with van der Waals surface area (Å²) in [7, 11) is 0. The first-order valence-electron chi connectivity index (χ1n) is 7.15. The quantitative estimate of drug-likeness (QED) is 0.556. The zero-order chi connectivity index (χ0) is 14.5. The van der Waals surface area contributed by atoms with Gasteiger partial charge in [0.1, 0.15) is 5.82 Å². The molecule has 1 aromatic heterocycles. The number of nitrogens with one attached hydrogen (secondary N) is 2. The van der Waals surface area contributed by atoms with Gasteiger partial charge in [-0.25, -0.2) is 4.98 Å². The Kier molecular flexibility index (Phi) is 3.96. The lowest BCUT2D eigenvalue weighted by atomic mass is 10.1. The maximum atomic E-state index is 4.62. The highest BCUT2D eigenvalue weighted by Gasteiger charge is 2.09. The summed E-state index contributed by atoms with van der Waals surface area (Å²) in [6.07, 6.45) is 0.672. The molecule has 0 atom stereocenters. The predicted octanol–water partition coefficient (Wildman–Crippen LogP) is 3.12. The monoisotopic (exact) mass is 278 g/mol. The number of para-hydroxylation sites is 2. The molecule has 1 heterocycles. The molecule has 0 aliphatic heterocycles. The third-order valence-corrected chi connectivity index (χ3v) is 3.25. The number of benzene rings is 2. The number of rotatable bonds is 5. The van der Waals surface area contributed by atoms with Crippen LogP contribution in [-0.2, 0) is 6.42 Å². The second-order valence-electron chi connectivity index (χ2n) is 4.81. The second kappa shape index (κ2) is 6.22. The van der Waals surface area contributed by atoms with Crippen molar-refractivity contribution in [2.45, 2.75) is 13.3 Å². The summed E-state index contributed by atoms with van der Waals surface area (Å²) in [5.41, 5.74) is 7.19. The topological polar surface area (TPSA) is 53.1 Å². The number of aromatic nitrogens is 2. The highest BCUT2D eigenvalue weighted by Crippen LogP contribution is 2.12. The molecule has 0 unspecified atom stereocenters. The normalized spacial score (nSPS) is 11.8. The average molecular weight is 278 g/mol. The first-order chi connectivity index (χ1) is 10.4. The number of aromatic amines is 1. The van der Waals surface area contributed by atoms with Gasteiger partial charge in [0.25, 0.3) is 0 Å². The van der Waals surface area contributed by atoms with E-state index in [-0.39, 0.29) is 0 Å². The molecule has 0 fully saturated rings. The van der Waals surface area contributed by atoms with Crippen LogP contribution in [0.5, 0.6) is 0 Å². The molecule has 0 amide bonds. The summed E-state index contributed by atoms with van der Waals surface area (Å²) in [6.45, 7) is 2.84. The zero-order valence-corrected chi connectivity index (χ0v) is 12.0. The summed E-state index contributed by atoms with van der Waals surface area (Å²) >= 11 is 0. The van der Waals surface area contributed by atoms with E-state index in [1.165, 1.54) is 0 Å². The van der Waals surface area contributed by atoms with E-state index in [4.69, 9.17) is 0 Å². The van der Waals surface area contributed by atoms with Crippen molar-refractivity contribution in [2.75, 3.05) is 6.54 Å². The van der Waals surface area contributed by atoms with E-state index in [9.17, 15) is 0 Å². The minimum atomic E-state index is 0.672. The number of hydrogen-bond acceptors (Lipinski definition) is 3. The van der Waals surface area contributed by atoms with Crippen LogP contribution in [0.3, 0.4) is 0 Å². The fourth-order valence-electron chi connectivity index (χ4n) is 2.26. The third kappa shape index (κ3) is 3.11. The molecule has 0 aliphatic carbocycles. The highest BCUT2D eigenvalue weighted by atomic mass is 15.3. The summed E-state index contributed by atoms with van der Waals surface area (Å²) in [5.74, 6) is 0.928. The van der Waals surface area contributed by atoms with Gasteiger partial charge in [-0.2, -0.15) is 5.10 Å². The van der Waals surface area contributed by atoms with Crippen LogP contribution in [-0.4, -0.2) is 22.2 Å². The lowest BCUT2D eigenvalue weighted by molar-refractivity contribution is 0.779. The van der Waals surface area contributed by atoms with Crippen LogP contribution in [0.15, 0.2) is 59.7 Å². The van der Waals surface area contributed by atoms with E-state index in [0.29, 0.717) is 6.42 Å². The maximum absolute atomic E-state index is 4.62. The van der Waals surface area contributed by atoms with Gasteiger partial charge in [0, 0.05) is 6.54 Å². The second-order valence-corrected chi connectivity index (χ2v) is 4.81. The molecular formula is C17H18N4. The predicted molar refractivity (Wildman–Crippen MR) is 86.5 cm³/mol. The molecule has 3 aromatic rings. The molecule has 3 rings (SSSR count). The number of hydrogen-bond donors (Lipinski definition) is 2. The summed E-state index contributed by atoms with van der Waals surface area (Å²) in [5, 5.41) is 4.48. The third-order valence-electron chi connectivity index (χ3n) is 3.25. The van der Waals surface area contributed by atoms with Gasteiger partial charge in [0.2, 0.25) is 0 Å². The molecule has 2 aromatic carbocycles. The first kappa shape index (κ1) is 13.4. The SMILES string of the molecule is CCN/N=C(/Cc1nc2ccccc2[nH]1)c1ccccc1. The Morgan fingerprint density at radius 2 is 1.86 bits per heavy atom. The number of fused-ring (bicyclic) bond motifs is 1. The van der Waals surface area contributed by atoms with Gasteiger partial charge in [0.05, 0.1) is 23.2 Å². The lowest BCUT2D eigenvalue weighted by Crippen LogP contribution is -2.14. The molecule has 4 nitrogen and oxygen atoms in total. The molecule has 0 aliphatic rings. The maximum Gasteiger partial charge on any atom is 0.113 e. The number of imidazole rings is 1. The van der Waals surface area contributed by atoms with Crippen LogP contribution in [0.25, 0.3) is 11.0 Å². The van der Waals surface area contributed by atoms with Gasteiger partial charge in [-0.05, 0) is 24.6 Å². The zero-order valence-electron chi connectivity index (χ0n) is 12.0. The van der Waals surface area contributed by atoms with E-state index < -0.39 is 0 Å². The first-order valence-corrected chi connectivity index (χ1v) is 7.15. The number of hydrazone groups is 1. The van der Waals surface area contributed by atoms with Crippen molar-refractivity contribution in [3.8, 4) is 0 Å². The van der Waals surface area contributed by atoms with Crippen molar-refractivity contribution in [1.29, 1.82) is 0 Å². The molecule has 0 saturated heterocycles. The largest absolute Gasteiger partial charge is 0.342 e. The summed E-state index contributed by atoms with van der Waals surface area (Å²) in [4.78, 5) is 7.97. The number of nitrogens with zero attached hydrogens (tertiary/aromatic N) is 2. The Hall–Kier alpha value is -2.62. The Morgan fingerprint density at radius 1 is 1.10 bits per heavy atom. The minimum Gasteiger partial charge on any atom is -0.342 e. The standard InChI is InChI=1S/C17H18N4/c1-2-18-21-16(13-8-4-3-5-9-13)12-17-19-14-10-6-7-11-15(14)20-17/h3-11,18H,2,12H2,1H3,(H,19,20)/b21-16-. The Bertz CT molecular complexity index is 711. The molecule has 4 heteroatoms. The van der Waals surface area contributed by atoms with Crippen LogP contribution in [0.2, 0.25) is 0 Å². The molecule has 0 bridgehead atoms. The Morgan fingerprint density at radius 3 is 2.62 bits per heavy atom. The summed E-state index contributed by atoms with van der Waals surface area (Å²) in [6, 6.07) is 18.2. The van der Waals surface area contributed by atoms with Crippen LogP contribution in [0, 0.1) is 0 Å². The number of H-pyrrole nitrogens is 1. The van der Waals surface area contributed by atoms with E-state index in [1.807, 2.05) is 49.4 Å². The van der Waals surface area contributed by atoms with Crippen molar-refractivity contribution >= 4 is 16.7 Å². The highest BCUT2D eigenvalue weighted by molar-refractivity contribution is 6.01. The van der Waals surface area contributed by atoms with Crippen LogP contribution < -0.4 is 5.43 Å². The van der Waals surface area contributed by atoms with E-state index in [2.05, 4.69) is 32.6 Å². The fraction of sp³-hybridized carbons (Fsp3) is 0.176. The van der Waals surface area contributed by atoms with Crippen molar-refractivity contribution < 1.29 is 0 Å². The van der Waals surface area contributed by atoms with Gasteiger partial charge in [0.15, 0.2) is 0 Å². The average Bonchev–Trinajstić information content (AvgIpc) is 2.94. The van der Waals surface area contributed by atoms with E-state index in [1.54, 1.807) is 0 Å². The van der Waals surface area contributed by atoms with Crippen molar-refractivity contribution in [3.05, 3.63) is 66.0 Å². The Balaban J connectivity index is 1.91. The van der Waals surface area contributed by atoms with E-state index >= 15 is 0 Å². The molecule has 2 N–H and O–H groups in total.